The van der Waals surface area contributed by atoms with Crippen LogP contribution in [0.4, 0.5) is 0 Å². The van der Waals surface area contributed by atoms with Crippen molar-refractivity contribution < 1.29 is 14.1 Å². The molecule has 1 aliphatic heterocycles. The van der Waals surface area contributed by atoms with E-state index in [0.29, 0.717) is 36.7 Å². The van der Waals surface area contributed by atoms with Crippen LogP contribution in [0.1, 0.15) is 39.4 Å². The van der Waals surface area contributed by atoms with Crippen molar-refractivity contribution in [1.29, 1.82) is 0 Å². The van der Waals surface area contributed by atoms with E-state index in [4.69, 9.17) is 9.26 Å². The number of hydrogen-bond acceptors (Lipinski definition) is 5. The minimum atomic E-state index is -0.211. The lowest BCUT2D eigenvalue weighted by molar-refractivity contribution is -0.0280. The highest BCUT2D eigenvalue weighted by Gasteiger charge is 2.31. The van der Waals surface area contributed by atoms with Gasteiger partial charge in [0.05, 0.1) is 24.5 Å². The Bertz CT molecular complexity index is 684. The molecule has 0 bridgehead atoms. The SMILES string of the molecule is Cc1cn(C)c([C@H]2CN(C(=O)c3c(C)noc3C)CCO2)n1. The standard InChI is InChI=1S/C15H20N4O3/c1-9-7-18(4)14(16-9)12-8-19(5-6-21-12)15(20)13-10(2)17-22-11(13)3/h7,12H,5-6,8H2,1-4H3/t12-/m1/s1. The molecule has 3 heterocycles. The molecule has 0 saturated carbocycles. The molecule has 118 valence electrons. The van der Waals surface area contributed by atoms with Gasteiger partial charge in [-0.05, 0) is 20.8 Å². The third kappa shape index (κ3) is 2.52. The minimum Gasteiger partial charge on any atom is -0.367 e. The van der Waals surface area contributed by atoms with Crippen LogP contribution in [0.25, 0.3) is 0 Å². The number of aromatic nitrogens is 3. The number of aryl methyl sites for hydroxylation is 4. The summed E-state index contributed by atoms with van der Waals surface area (Å²) < 4.78 is 12.8. The molecule has 0 unspecified atom stereocenters. The van der Waals surface area contributed by atoms with Crippen LogP contribution >= 0.6 is 0 Å². The molecule has 0 aliphatic carbocycles. The molecule has 0 N–H and O–H groups in total. The molecule has 2 aromatic heterocycles. The molecule has 1 atom stereocenters. The van der Waals surface area contributed by atoms with E-state index in [1.807, 2.05) is 24.7 Å². The highest BCUT2D eigenvalue weighted by atomic mass is 16.5. The van der Waals surface area contributed by atoms with Crippen molar-refractivity contribution in [2.24, 2.45) is 7.05 Å². The van der Waals surface area contributed by atoms with E-state index in [1.165, 1.54) is 0 Å². The maximum atomic E-state index is 12.7. The molecule has 2 aromatic rings. The van der Waals surface area contributed by atoms with Crippen LogP contribution in [0.2, 0.25) is 0 Å². The van der Waals surface area contributed by atoms with E-state index in [-0.39, 0.29) is 12.0 Å². The van der Waals surface area contributed by atoms with E-state index in [2.05, 4.69) is 10.1 Å². The third-order valence-corrected chi connectivity index (χ3v) is 3.92. The number of amides is 1. The van der Waals surface area contributed by atoms with Crippen molar-refractivity contribution in [1.82, 2.24) is 19.6 Å². The van der Waals surface area contributed by atoms with Crippen molar-refractivity contribution in [2.45, 2.75) is 26.9 Å². The summed E-state index contributed by atoms with van der Waals surface area (Å²) >= 11 is 0. The first-order valence-corrected chi connectivity index (χ1v) is 7.31. The fourth-order valence-electron chi connectivity index (χ4n) is 2.87. The Labute approximate surface area is 128 Å². The van der Waals surface area contributed by atoms with Crippen LogP contribution < -0.4 is 0 Å². The predicted octanol–water partition coefficient (Wildman–Crippen LogP) is 1.55. The number of ether oxygens (including phenoxy) is 1. The number of hydrogen-bond donors (Lipinski definition) is 0. The minimum absolute atomic E-state index is 0.0597. The highest BCUT2D eigenvalue weighted by molar-refractivity contribution is 5.96. The van der Waals surface area contributed by atoms with E-state index in [0.717, 1.165) is 11.5 Å². The van der Waals surface area contributed by atoms with Gasteiger partial charge in [-0.2, -0.15) is 0 Å². The third-order valence-electron chi connectivity index (χ3n) is 3.92. The lowest BCUT2D eigenvalue weighted by atomic mass is 10.1. The number of morpholine rings is 1. The second-order valence-electron chi connectivity index (χ2n) is 5.66. The number of rotatable bonds is 2. The van der Waals surface area contributed by atoms with Gasteiger partial charge in [0.15, 0.2) is 0 Å². The molecule has 1 aliphatic rings. The fourth-order valence-corrected chi connectivity index (χ4v) is 2.87. The first-order chi connectivity index (χ1) is 10.5. The largest absolute Gasteiger partial charge is 0.367 e. The molecule has 1 amide bonds. The van der Waals surface area contributed by atoms with Gasteiger partial charge < -0.3 is 18.7 Å². The molecule has 22 heavy (non-hydrogen) atoms. The first-order valence-electron chi connectivity index (χ1n) is 7.31. The van der Waals surface area contributed by atoms with Gasteiger partial charge in [-0.15, -0.1) is 0 Å². The second-order valence-corrected chi connectivity index (χ2v) is 5.66. The Kier molecular flexibility index (Phi) is 3.74. The summed E-state index contributed by atoms with van der Waals surface area (Å²) in [5.74, 6) is 1.34. The number of imidazole rings is 1. The molecule has 3 rings (SSSR count). The van der Waals surface area contributed by atoms with Crippen molar-refractivity contribution in [3.63, 3.8) is 0 Å². The fraction of sp³-hybridized carbons (Fsp3) is 0.533. The van der Waals surface area contributed by atoms with Gasteiger partial charge in [-0.3, -0.25) is 4.79 Å². The molecule has 7 nitrogen and oxygen atoms in total. The van der Waals surface area contributed by atoms with Gasteiger partial charge in [0.2, 0.25) is 0 Å². The molecule has 0 spiro atoms. The zero-order valence-electron chi connectivity index (χ0n) is 13.3. The maximum absolute atomic E-state index is 12.7. The summed E-state index contributed by atoms with van der Waals surface area (Å²) in [6.07, 6.45) is 1.74. The lowest BCUT2D eigenvalue weighted by Crippen LogP contribution is -2.43. The van der Waals surface area contributed by atoms with E-state index in [1.54, 1.807) is 18.7 Å². The van der Waals surface area contributed by atoms with Crippen LogP contribution in [0.15, 0.2) is 10.7 Å². The summed E-state index contributed by atoms with van der Waals surface area (Å²) in [6.45, 7) is 7.01. The Morgan fingerprint density at radius 3 is 2.73 bits per heavy atom. The van der Waals surface area contributed by atoms with Gasteiger partial charge in [0.25, 0.3) is 5.91 Å². The average molecular weight is 304 g/mol. The van der Waals surface area contributed by atoms with Gasteiger partial charge in [-0.1, -0.05) is 5.16 Å². The van der Waals surface area contributed by atoms with Crippen molar-refractivity contribution >= 4 is 5.91 Å². The smallest absolute Gasteiger partial charge is 0.259 e. The van der Waals surface area contributed by atoms with Crippen LogP contribution in [-0.4, -0.2) is 45.2 Å². The van der Waals surface area contributed by atoms with Crippen LogP contribution in [0.3, 0.4) is 0 Å². The Balaban J connectivity index is 1.81. The topological polar surface area (TPSA) is 73.4 Å². The van der Waals surface area contributed by atoms with E-state index < -0.39 is 0 Å². The predicted molar refractivity (Wildman–Crippen MR) is 78.5 cm³/mol. The Morgan fingerprint density at radius 1 is 1.36 bits per heavy atom. The summed E-state index contributed by atoms with van der Waals surface area (Å²) in [7, 11) is 1.94. The van der Waals surface area contributed by atoms with Crippen molar-refractivity contribution in [3.8, 4) is 0 Å². The second kappa shape index (κ2) is 5.57. The highest BCUT2D eigenvalue weighted by Crippen LogP contribution is 2.24. The van der Waals surface area contributed by atoms with Gasteiger partial charge >= 0.3 is 0 Å². The van der Waals surface area contributed by atoms with Crippen LogP contribution in [0.5, 0.6) is 0 Å². The quantitative estimate of drug-likeness (QED) is 0.841. The first kappa shape index (κ1) is 14.8. The van der Waals surface area contributed by atoms with Gasteiger partial charge in [0.1, 0.15) is 23.3 Å². The zero-order chi connectivity index (χ0) is 15.9. The van der Waals surface area contributed by atoms with E-state index in [9.17, 15) is 4.79 Å². The monoisotopic (exact) mass is 304 g/mol. The summed E-state index contributed by atoms with van der Waals surface area (Å²) in [4.78, 5) is 19.0. The summed E-state index contributed by atoms with van der Waals surface area (Å²) in [5, 5.41) is 3.86. The summed E-state index contributed by atoms with van der Waals surface area (Å²) in [5.41, 5.74) is 2.12. The van der Waals surface area contributed by atoms with Crippen molar-refractivity contribution in [3.05, 3.63) is 34.7 Å². The van der Waals surface area contributed by atoms with Crippen molar-refractivity contribution in [2.75, 3.05) is 19.7 Å². The molecule has 0 aromatic carbocycles. The molecular weight excluding hydrogens is 284 g/mol. The normalized spacial score (nSPS) is 18.7. The Morgan fingerprint density at radius 2 is 2.14 bits per heavy atom. The summed E-state index contributed by atoms with van der Waals surface area (Å²) in [6, 6.07) is 0. The number of carbonyl (C=O) groups is 1. The Hall–Kier alpha value is -2.15. The maximum Gasteiger partial charge on any atom is 0.259 e. The lowest BCUT2D eigenvalue weighted by Gasteiger charge is -2.32. The molecule has 1 saturated heterocycles. The molecule has 1 fully saturated rings. The molecule has 0 radical (unpaired) electrons. The molecule has 7 heteroatoms. The number of carbonyl (C=O) groups excluding carboxylic acids is 1. The van der Waals surface area contributed by atoms with Crippen LogP contribution in [0, 0.1) is 20.8 Å². The molecular formula is C15H20N4O3. The van der Waals surface area contributed by atoms with E-state index >= 15 is 0 Å². The van der Waals surface area contributed by atoms with Crippen LogP contribution in [-0.2, 0) is 11.8 Å². The number of nitrogens with zero attached hydrogens (tertiary/aromatic N) is 4. The van der Waals surface area contributed by atoms with Gasteiger partial charge in [0, 0.05) is 19.8 Å². The zero-order valence-corrected chi connectivity index (χ0v) is 13.3. The van der Waals surface area contributed by atoms with Gasteiger partial charge in [-0.25, -0.2) is 4.98 Å². The average Bonchev–Trinajstić information content (AvgIpc) is 3.00.